The van der Waals surface area contributed by atoms with Crippen LogP contribution in [0.5, 0.6) is 11.5 Å². The fourth-order valence-electron chi connectivity index (χ4n) is 10.6. The lowest BCUT2D eigenvalue weighted by atomic mass is 9.66. The van der Waals surface area contributed by atoms with E-state index in [0.717, 1.165) is 50.7 Å². The molecule has 11 aromatic rings. The van der Waals surface area contributed by atoms with E-state index >= 15 is 0 Å². The topological polar surface area (TPSA) is 17.4 Å². The van der Waals surface area contributed by atoms with Gasteiger partial charge < -0.3 is 14.2 Å². The average molecular weight is 791 g/mol. The van der Waals surface area contributed by atoms with Crippen molar-refractivity contribution >= 4 is 49.6 Å². The van der Waals surface area contributed by atoms with Crippen LogP contribution < -0.4 is 9.64 Å². The van der Waals surface area contributed by atoms with Gasteiger partial charge in [0, 0.05) is 50.0 Å². The van der Waals surface area contributed by atoms with Crippen molar-refractivity contribution in [3.63, 3.8) is 0 Å². The first-order chi connectivity index (χ1) is 30.8. The lowest BCUT2D eigenvalue weighted by Gasteiger charge is -2.39. The number of ether oxygens (including phenoxy) is 1. The smallest absolute Gasteiger partial charge is 0.133 e. The molecule has 0 saturated heterocycles. The third kappa shape index (κ3) is 4.94. The van der Waals surface area contributed by atoms with E-state index in [9.17, 15) is 0 Å². The summed E-state index contributed by atoms with van der Waals surface area (Å²) in [6.45, 7) is 0. The van der Waals surface area contributed by atoms with Crippen molar-refractivity contribution in [1.29, 1.82) is 0 Å². The summed E-state index contributed by atoms with van der Waals surface area (Å²) in [5, 5.41) is 4.77. The standard InChI is InChI=1S/C59H38N2O/c1-3-15-39(16-4-1)40-27-30-43(31-28-40)60(42-18-5-2-6-19-42)44-32-34-45(35-33-44)61-55-38-54-57(37-50(55)49-36-29-41-17-7-8-20-46(41)58(49)61)62-56-26-14-13-25-53(56)59(54)51-23-11-9-21-47(51)48-22-10-12-24-52(48)59/h1-38H. The molecule has 2 aliphatic rings. The monoisotopic (exact) mass is 790 g/mol. The van der Waals surface area contributed by atoms with Crippen LogP contribution >= 0.6 is 0 Å². The zero-order valence-corrected chi connectivity index (χ0v) is 33.7. The predicted octanol–water partition coefficient (Wildman–Crippen LogP) is 15.5. The third-order valence-corrected chi connectivity index (χ3v) is 13.2. The summed E-state index contributed by atoms with van der Waals surface area (Å²) in [5.74, 6) is 1.79. The number of hydrogen-bond donors (Lipinski definition) is 0. The van der Waals surface area contributed by atoms with E-state index in [4.69, 9.17) is 4.74 Å². The molecule has 13 rings (SSSR count). The minimum Gasteiger partial charge on any atom is -0.457 e. The van der Waals surface area contributed by atoms with Gasteiger partial charge in [-0.25, -0.2) is 0 Å². The highest BCUT2D eigenvalue weighted by molar-refractivity contribution is 6.19. The van der Waals surface area contributed by atoms with E-state index in [1.807, 2.05) is 0 Å². The molecule has 0 N–H and O–H groups in total. The van der Waals surface area contributed by atoms with Gasteiger partial charge in [-0.05, 0) is 105 Å². The number of para-hydroxylation sites is 2. The van der Waals surface area contributed by atoms with Gasteiger partial charge in [-0.15, -0.1) is 0 Å². The number of benzene rings is 10. The Balaban J connectivity index is 1.05. The summed E-state index contributed by atoms with van der Waals surface area (Å²) in [6, 6.07) is 83.7. The first kappa shape index (κ1) is 34.7. The number of nitrogens with zero attached hydrogens (tertiary/aromatic N) is 2. The van der Waals surface area contributed by atoms with Gasteiger partial charge in [0.1, 0.15) is 11.5 Å². The summed E-state index contributed by atoms with van der Waals surface area (Å²) in [6.07, 6.45) is 0. The largest absolute Gasteiger partial charge is 0.457 e. The maximum absolute atomic E-state index is 7.00. The van der Waals surface area contributed by atoms with Crippen LogP contribution in [-0.2, 0) is 5.41 Å². The first-order valence-electron chi connectivity index (χ1n) is 21.3. The average Bonchev–Trinajstić information content (AvgIpc) is 3.83. The van der Waals surface area contributed by atoms with Crippen LogP contribution in [0.3, 0.4) is 0 Å². The minimum absolute atomic E-state index is 0.564. The third-order valence-electron chi connectivity index (χ3n) is 13.2. The maximum Gasteiger partial charge on any atom is 0.133 e. The molecule has 0 atom stereocenters. The Hall–Kier alpha value is -8.14. The SMILES string of the molecule is c1ccc(-c2ccc(N(c3ccccc3)c3ccc(-n4c5cc6c(cc5c5ccc7ccccc7c54)Oc4ccccc4C64c5ccccc5-c5ccccc54)cc3)cc2)cc1. The van der Waals surface area contributed by atoms with Crippen LogP contribution in [-0.4, -0.2) is 4.57 Å². The molecule has 2 heterocycles. The lowest BCUT2D eigenvalue weighted by molar-refractivity contribution is 0.437. The second kappa shape index (κ2) is 13.4. The van der Waals surface area contributed by atoms with Gasteiger partial charge in [-0.2, -0.15) is 0 Å². The molecule has 0 radical (unpaired) electrons. The van der Waals surface area contributed by atoms with Gasteiger partial charge >= 0.3 is 0 Å². The van der Waals surface area contributed by atoms with Crippen molar-refractivity contribution in [2.45, 2.75) is 5.41 Å². The molecule has 0 bridgehead atoms. The van der Waals surface area contributed by atoms with Crippen molar-refractivity contribution in [3.8, 4) is 39.4 Å². The lowest BCUT2D eigenvalue weighted by Crippen LogP contribution is -2.32. The van der Waals surface area contributed by atoms with E-state index < -0.39 is 5.41 Å². The molecule has 1 aromatic heterocycles. The van der Waals surface area contributed by atoms with Crippen molar-refractivity contribution < 1.29 is 4.74 Å². The van der Waals surface area contributed by atoms with Crippen molar-refractivity contribution in [1.82, 2.24) is 4.57 Å². The summed E-state index contributed by atoms with van der Waals surface area (Å²) in [7, 11) is 0. The van der Waals surface area contributed by atoms with E-state index in [0.29, 0.717) is 0 Å². The molecule has 3 nitrogen and oxygen atoms in total. The fraction of sp³-hybridized carbons (Fsp3) is 0.0169. The second-order valence-corrected chi connectivity index (χ2v) is 16.4. The van der Waals surface area contributed by atoms with Crippen LogP contribution in [0.15, 0.2) is 231 Å². The Labute approximate surface area is 360 Å². The fourth-order valence-corrected chi connectivity index (χ4v) is 10.6. The molecular formula is C59H38N2O. The Morgan fingerprint density at radius 1 is 0.371 bits per heavy atom. The quantitative estimate of drug-likeness (QED) is 0.173. The maximum atomic E-state index is 7.00. The van der Waals surface area contributed by atoms with Crippen molar-refractivity contribution in [2.24, 2.45) is 0 Å². The highest BCUT2D eigenvalue weighted by atomic mass is 16.5. The Morgan fingerprint density at radius 2 is 0.935 bits per heavy atom. The zero-order valence-electron chi connectivity index (χ0n) is 33.7. The van der Waals surface area contributed by atoms with Crippen LogP contribution in [0.2, 0.25) is 0 Å². The molecule has 3 heteroatoms. The van der Waals surface area contributed by atoms with E-state index in [-0.39, 0.29) is 0 Å². The molecule has 290 valence electrons. The second-order valence-electron chi connectivity index (χ2n) is 16.4. The Morgan fingerprint density at radius 3 is 1.66 bits per heavy atom. The number of aromatic nitrogens is 1. The van der Waals surface area contributed by atoms with E-state index in [2.05, 4.69) is 240 Å². The number of anilines is 3. The molecule has 0 unspecified atom stereocenters. The highest BCUT2D eigenvalue weighted by Crippen LogP contribution is 2.62. The summed E-state index contributed by atoms with van der Waals surface area (Å²) in [5.41, 5.74) is 16.0. The van der Waals surface area contributed by atoms with Crippen molar-refractivity contribution in [2.75, 3.05) is 4.90 Å². The normalized spacial score (nSPS) is 13.1. The molecular weight excluding hydrogens is 753 g/mol. The minimum atomic E-state index is -0.564. The molecule has 1 spiro atoms. The summed E-state index contributed by atoms with van der Waals surface area (Å²) >= 11 is 0. The van der Waals surface area contributed by atoms with Gasteiger partial charge in [-0.3, -0.25) is 0 Å². The van der Waals surface area contributed by atoms with E-state index in [1.54, 1.807) is 0 Å². The van der Waals surface area contributed by atoms with Gasteiger partial charge in [0.05, 0.1) is 16.4 Å². The molecule has 62 heavy (non-hydrogen) atoms. The Kier molecular flexibility index (Phi) is 7.52. The van der Waals surface area contributed by atoms with Crippen LogP contribution in [0.25, 0.3) is 60.5 Å². The number of hydrogen-bond acceptors (Lipinski definition) is 2. The van der Waals surface area contributed by atoms with Gasteiger partial charge in [0.15, 0.2) is 0 Å². The molecule has 0 saturated carbocycles. The first-order valence-corrected chi connectivity index (χ1v) is 21.3. The van der Waals surface area contributed by atoms with Crippen LogP contribution in [0.4, 0.5) is 17.1 Å². The Bertz CT molecular complexity index is 3490. The summed E-state index contributed by atoms with van der Waals surface area (Å²) in [4.78, 5) is 2.34. The van der Waals surface area contributed by atoms with Gasteiger partial charge in [0.25, 0.3) is 0 Å². The van der Waals surface area contributed by atoms with Crippen LogP contribution in [0, 0.1) is 0 Å². The van der Waals surface area contributed by atoms with Crippen LogP contribution in [0.1, 0.15) is 22.3 Å². The molecule has 1 aliphatic heterocycles. The van der Waals surface area contributed by atoms with E-state index in [1.165, 1.54) is 60.6 Å². The van der Waals surface area contributed by atoms with Gasteiger partial charge in [0.2, 0.25) is 0 Å². The molecule has 1 aliphatic carbocycles. The summed E-state index contributed by atoms with van der Waals surface area (Å²) < 4.78 is 9.48. The number of rotatable bonds is 5. The molecule has 10 aromatic carbocycles. The molecule has 0 amide bonds. The molecule has 0 fully saturated rings. The zero-order chi connectivity index (χ0) is 40.8. The number of fused-ring (bicyclic) bond motifs is 14. The highest BCUT2D eigenvalue weighted by Gasteiger charge is 2.51. The predicted molar refractivity (Wildman–Crippen MR) is 256 cm³/mol. The van der Waals surface area contributed by atoms with Crippen molar-refractivity contribution in [3.05, 3.63) is 253 Å². The van der Waals surface area contributed by atoms with Gasteiger partial charge in [-0.1, -0.05) is 164 Å².